The van der Waals surface area contributed by atoms with E-state index in [1.165, 1.54) is 10.5 Å². The molecule has 3 nitrogen and oxygen atoms in total. The highest BCUT2D eigenvalue weighted by Gasteiger charge is 2.23. The molecule has 0 saturated heterocycles. The molecule has 0 bridgehead atoms. The molecule has 1 aliphatic heterocycles. The highest BCUT2D eigenvalue weighted by molar-refractivity contribution is 7.99. The number of aromatic nitrogens is 1. The molecule has 19 heavy (non-hydrogen) atoms. The Kier molecular flexibility index (Phi) is 3.62. The van der Waals surface area contributed by atoms with Gasteiger partial charge in [-0.15, -0.1) is 11.8 Å². The molecule has 0 spiro atoms. The summed E-state index contributed by atoms with van der Waals surface area (Å²) in [5, 5.41) is 3.53. The van der Waals surface area contributed by atoms with Crippen LogP contribution in [0.15, 0.2) is 39.8 Å². The van der Waals surface area contributed by atoms with Crippen molar-refractivity contribution < 1.29 is 4.42 Å². The fraction of sp³-hybridized carbons (Fsp3) is 0.400. The van der Waals surface area contributed by atoms with Crippen LogP contribution < -0.4 is 5.32 Å². The van der Waals surface area contributed by atoms with E-state index in [1.807, 2.05) is 18.7 Å². The highest BCUT2D eigenvalue weighted by atomic mass is 32.2. The summed E-state index contributed by atoms with van der Waals surface area (Å²) in [5.74, 6) is 3.38. The van der Waals surface area contributed by atoms with Gasteiger partial charge in [0.2, 0.25) is 5.89 Å². The first-order valence-corrected chi connectivity index (χ1v) is 7.60. The third-order valence-electron chi connectivity index (χ3n) is 3.48. The van der Waals surface area contributed by atoms with E-state index in [9.17, 15) is 0 Å². The van der Waals surface area contributed by atoms with Crippen LogP contribution in [0.5, 0.6) is 0 Å². The first-order valence-electron chi connectivity index (χ1n) is 6.61. The lowest BCUT2D eigenvalue weighted by Gasteiger charge is -2.15. The minimum atomic E-state index is 0.159. The molecule has 3 rings (SSSR count). The topological polar surface area (TPSA) is 38.1 Å². The normalized spacial score (nSPS) is 19.4. The molecule has 0 saturated carbocycles. The summed E-state index contributed by atoms with van der Waals surface area (Å²) in [6.45, 7) is 4.99. The molecular weight excluding hydrogens is 256 g/mol. The lowest BCUT2D eigenvalue weighted by Crippen LogP contribution is -2.25. The number of benzene rings is 1. The van der Waals surface area contributed by atoms with E-state index in [2.05, 4.69) is 41.5 Å². The summed E-state index contributed by atoms with van der Waals surface area (Å²) >= 11 is 1.95. The van der Waals surface area contributed by atoms with Crippen LogP contribution in [0.1, 0.15) is 36.1 Å². The minimum absolute atomic E-state index is 0.159. The van der Waals surface area contributed by atoms with Crippen molar-refractivity contribution in [2.45, 2.75) is 30.7 Å². The Hall–Kier alpha value is -1.26. The zero-order valence-corrected chi connectivity index (χ0v) is 12.0. The molecule has 2 atom stereocenters. The van der Waals surface area contributed by atoms with Crippen molar-refractivity contribution in [3.05, 3.63) is 47.7 Å². The average molecular weight is 274 g/mol. The van der Waals surface area contributed by atoms with E-state index in [0.717, 1.165) is 23.9 Å². The number of hydrogen-bond acceptors (Lipinski definition) is 4. The largest absolute Gasteiger partial charge is 0.444 e. The first kappa shape index (κ1) is 12.8. The Morgan fingerprint density at radius 2 is 2.32 bits per heavy atom. The summed E-state index contributed by atoms with van der Waals surface area (Å²) in [6.07, 6.45) is 1.77. The summed E-state index contributed by atoms with van der Waals surface area (Å²) in [6, 6.07) is 8.84. The van der Waals surface area contributed by atoms with Crippen LogP contribution in [0.25, 0.3) is 0 Å². The van der Waals surface area contributed by atoms with E-state index in [0.29, 0.717) is 5.92 Å². The Bertz CT molecular complexity index is 567. The van der Waals surface area contributed by atoms with Gasteiger partial charge in [-0.3, -0.25) is 0 Å². The molecule has 2 heterocycles. The van der Waals surface area contributed by atoms with Crippen molar-refractivity contribution in [3.8, 4) is 0 Å². The third-order valence-corrected chi connectivity index (χ3v) is 4.73. The van der Waals surface area contributed by atoms with Crippen LogP contribution in [0.2, 0.25) is 0 Å². The molecule has 0 amide bonds. The number of thioether (sulfide) groups is 1. The van der Waals surface area contributed by atoms with Crippen LogP contribution in [-0.4, -0.2) is 17.3 Å². The maximum atomic E-state index is 5.55. The van der Waals surface area contributed by atoms with E-state index in [4.69, 9.17) is 4.42 Å². The number of aryl methyl sites for hydroxylation is 1. The molecule has 0 radical (unpaired) electrons. The molecule has 4 heteroatoms. The van der Waals surface area contributed by atoms with Crippen LogP contribution in [0, 0.1) is 6.92 Å². The number of oxazole rings is 1. The predicted molar refractivity (Wildman–Crippen MR) is 77.6 cm³/mol. The molecule has 1 N–H and O–H groups in total. The van der Waals surface area contributed by atoms with Gasteiger partial charge in [-0.2, -0.15) is 0 Å². The van der Waals surface area contributed by atoms with Gasteiger partial charge in [-0.05, 0) is 25.5 Å². The Balaban J connectivity index is 1.62. The molecule has 0 aliphatic carbocycles. The van der Waals surface area contributed by atoms with Crippen molar-refractivity contribution in [2.75, 3.05) is 12.3 Å². The molecule has 0 fully saturated rings. The van der Waals surface area contributed by atoms with Crippen LogP contribution in [0.4, 0.5) is 0 Å². The maximum Gasteiger partial charge on any atom is 0.211 e. The quantitative estimate of drug-likeness (QED) is 0.925. The van der Waals surface area contributed by atoms with Gasteiger partial charge in [0.1, 0.15) is 5.76 Å². The summed E-state index contributed by atoms with van der Waals surface area (Å²) in [5.41, 5.74) is 1.47. The Labute approximate surface area is 117 Å². The van der Waals surface area contributed by atoms with Gasteiger partial charge in [0.15, 0.2) is 0 Å². The maximum absolute atomic E-state index is 5.55. The lowest BCUT2D eigenvalue weighted by atomic mass is 10.0. The number of hydrogen-bond donors (Lipinski definition) is 1. The summed E-state index contributed by atoms with van der Waals surface area (Å²) in [4.78, 5) is 5.70. The number of rotatable bonds is 4. The van der Waals surface area contributed by atoms with E-state index >= 15 is 0 Å². The van der Waals surface area contributed by atoms with Gasteiger partial charge in [-0.1, -0.05) is 18.2 Å². The molecule has 2 unspecified atom stereocenters. The van der Waals surface area contributed by atoms with Gasteiger partial charge in [0, 0.05) is 23.1 Å². The van der Waals surface area contributed by atoms with Crippen molar-refractivity contribution in [3.63, 3.8) is 0 Å². The Morgan fingerprint density at radius 1 is 1.47 bits per heavy atom. The van der Waals surface area contributed by atoms with Gasteiger partial charge in [0.05, 0.1) is 12.2 Å². The fourth-order valence-electron chi connectivity index (χ4n) is 2.38. The summed E-state index contributed by atoms with van der Waals surface area (Å²) in [7, 11) is 0. The number of nitrogens with one attached hydrogen (secondary N) is 1. The van der Waals surface area contributed by atoms with E-state index in [-0.39, 0.29) is 6.04 Å². The van der Waals surface area contributed by atoms with Gasteiger partial charge < -0.3 is 9.73 Å². The smallest absolute Gasteiger partial charge is 0.211 e. The molecule has 1 aliphatic rings. The van der Waals surface area contributed by atoms with Crippen LogP contribution >= 0.6 is 11.8 Å². The summed E-state index contributed by atoms with van der Waals surface area (Å²) < 4.78 is 5.55. The second-order valence-electron chi connectivity index (χ2n) is 4.98. The van der Waals surface area contributed by atoms with E-state index < -0.39 is 0 Å². The highest BCUT2D eigenvalue weighted by Crippen LogP contribution is 2.39. The fourth-order valence-corrected chi connectivity index (χ4v) is 3.63. The predicted octanol–water partition coefficient (Wildman–Crippen LogP) is 3.52. The zero-order valence-electron chi connectivity index (χ0n) is 11.2. The van der Waals surface area contributed by atoms with Crippen LogP contribution in [-0.2, 0) is 0 Å². The number of nitrogens with zero attached hydrogens (tertiary/aromatic N) is 1. The molecular formula is C15H18N2OS. The second kappa shape index (κ2) is 5.39. The minimum Gasteiger partial charge on any atom is -0.444 e. The standard InChI is InChI=1S/C15H18N2OS/c1-10-7-17-15(18-10)11(2)16-8-12-9-19-14-6-4-3-5-13(12)14/h3-7,11-12,16H,8-9H2,1-2H3. The van der Waals surface area contributed by atoms with Crippen molar-refractivity contribution in [1.29, 1.82) is 0 Å². The van der Waals surface area contributed by atoms with Gasteiger partial charge >= 0.3 is 0 Å². The third kappa shape index (κ3) is 2.69. The first-order chi connectivity index (χ1) is 9.24. The van der Waals surface area contributed by atoms with E-state index in [1.54, 1.807) is 6.20 Å². The zero-order chi connectivity index (χ0) is 13.2. The van der Waals surface area contributed by atoms with Crippen molar-refractivity contribution in [1.82, 2.24) is 10.3 Å². The molecule has 100 valence electrons. The molecule has 1 aromatic heterocycles. The monoisotopic (exact) mass is 274 g/mol. The second-order valence-corrected chi connectivity index (χ2v) is 6.05. The number of fused-ring (bicyclic) bond motifs is 1. The van der Waals surface area contributed by atoms with Crippen molar-refractivity contribution >= 4 is 11.8 Å². The van der Waals surface area contributed by atoms with Gasteiger partial charge in [0.25, 0.3) is 0 Å². The average Bonchev–Trinajstić information content (AvgIpc) is 3.02. The lowest BCUT2D eigenvalue weighted by molar-refractivity contribution is 0.398. The SMILES string of the molecule is Cc1cnc(C(C)NCC2CSc3ccccc32)o1. The molecule has 1 aromatic carbocycles. The Morgan fingerprint density at radius 3 is 3.11 bits per heavy atom. The molecule has 2 aromatic rings. The van der Waals surface area contributed by atoms with Gasteiger partial charge in [-0.25, -0.2) is 4.98 Å². The van der Waals surface area contributed by atoms with Crippen LogP contribution in [0.3, 0.4) is 0 Å². The van der Waals surface area contributed by atoms with Crippen molar-refractivity contribution in [2.24, 2.45) is 0 Å².